The zero-order chi connectivity index (χ0) is 15.5. The van der Waals surface area contributed by atoms with Crippen LogP contribution in [0.15, 0.2) is 5.38 Å². The summed E-state index contributed by atoms with van der Waals surface area (Å²) in [6.07, 6.45) is 2.89. The van der Waals surface area contributed by atoms with Gasteiger partial charge in [0.1, 0.15) is 10.7 Å². The van der Waals surface area contributed by atoms with Crippen molar-refractivity contribution in [1.82, 2.24) is 14.8 Å². The van der Waals surface area contributed by atoms with E-state index in [1.54, 1.807) is 7.11 Å². The van der Waals surface area contributed by atoms with Gasteiger partial charge in [0.15, 0.2) is 0 Å². The topological polar surface area (TPSA) is 65.9 Å². The van der Waals surface area contributed by atoms with Gasteiger partial charge in [0.05, 0.1) is 12.7 Å². The van der Waals surface area contributed by atoms with Gasteiger partial charge < -0.3 is 14.7 Å². The summed E-state index contributed by atoms with van der Waals surface area (Å²) in [5.41, 5.74) is 0.520. The Balaban J connectivity index is 1.55. The van der Waals surface area contributed by atoms with Crippen molar-refractivity contribution in [2.45, 2.75) is 38.0 Å². The lowest BCUT2D eigenvalue weighted by Crippen LogP contribution is -2.53. The van der Waals surface area contributed by atoms with E-state index in [9.17, 15) is 9.90 Å². The van der Waals surface area contributed by atoms with Crippen LogP contribution in [0.25, 0.3) is 0 Å². The molecule has 2 aliphatic rings. The second-order valence-corrected chi connectivity index (χ2v) is 6.90. The normalized spacial score (nSPS) is 26.5. The molecule has 0 bridgehead atoms. The van der Waals surface area contributed by atoms with Gasteiger partial charge in [-0.25, -0.2) is 4.98 Å². The first-order chi connectivity index (χ1) is 10.7. The highest BCUT2D eigenvalue weighted by Gasteiger charge is 2.33. The summed E-state index contributed by atoms with van der Waals surface area (Å²) in [4.78, 5) is 21.0. The van der Waals surface area contributed by atoms with Crippen molar-refractivity contribution < 1.29 is 14.6 Å². The zero-order valence-electron chi connectivity index (χ0n) is 12.9. The summed E-state index contributed by atoms with van der Waals surface area (Å²) in [6.45, 7) is 3.54. The van der Waals surface area contributed by atoms with E-state index >= 15 is 0 Å². The van der Waals surface area contributed by atoms with Gasteiger partial charge in [-0.3, -0.25) is 9.69 Å². The van der Waals surface area contributed by atoms with Crippen molar-refractivity contribution in [2.75, 3.05) is 33.3 Å². The van der Waals surface area contributed by atoms with Crippen LogP contribution in [0.2, 0.25) is 0 Å². The maximum atomic E-state index is 12.5. The molecule has 0 radical (unpaired) electrons. The summed E-state index contributed by atoms with van der Waals surface area (Å²) >= 11 is 1.46. The number of rotatable bonds is 4. The van der Waals surface area contributed by atoms with E-state index < -0.39 is 0 Å². The molecule has 0 aromatic carbocycles. The van der Waals surface area contributed by atoms with Gasteiger partial charge in [-0.15, -0.1) is 11.3 Å². The molecule has 122 valence electrons. The molecule has 2 fully saturated rings. The lowest BCUT2D eigenvalue weighted by molar-refractivity contribution is 0.0313. The second kappa shape index (κ2) is 7.04. The van der Waals surface area contributed by atoms with Crippen LogP contribution in [0.1, 0.15) is 34.8 Å². The standard InChI is InChI=1S/C15H23N3O3S/c1-21-9-14-16-11(10-22-14)15(20)18-7-5-17(6-8-18)12-3-2-4-13(12)19/h10,12-13,19H,2-9H2,1H3/t12-,13+/m1/s1. The molecule has 1 saturated carbocycles. The Kier molecular flexibility index (Phi) is 5.07. The molecule has 1 aliphatic carbocycles. The minimum atomic E-state index is -0.197. The summed E-state index contributed by atoms with van der Waals surface area (Å²) in [5.74, 6) is 0.00484. The molecule has 1 saturated heterocycles. The average molecular weight is 325 g/mol. The molecule has 0 unspecified atom stereocenters. The number of amides is 1. The number of hydrogen-bond donors (Lipinski definition) is 1. The van der Waals surface area contributed by atoms with Crippen molar-refractivity contribution in [3.63, 3.8) is 0 Å². The number of carbonyl (C=O) groups is 1. The molecular weight excluding hydrogens is 302 g/mol. The SMILES string of the molecule is COCc1nc(C(=O)N2CCN([C@@H]3CCC[C@@H]3O)CC2)cs1. The van der Waals surface area contributed by atoms with Gasteiger partial charge in [0.25, 0.3) is 5.91 Å². The van der Waals surface area contributed by atoms with Crippen molar-refractivity contribution in [2.24, 2.45) is 0 Å². The average Bonchev–Trinajstić information content (AvgIpc) is 3.16. The molecule has 7 heteroatoms. The Bertz CT molecular complexity index is 514. The van der Waals surface area contributed by atoms with Crippen LogP contribution in [-0.4, -0.2) is 71.2 Å². The Morgan fingerprint density at radius 1 is 1.41 bits per heavy atom. The van der Waals surface area contributed by atoms with Crippen LogP contribution >= 0.6 is 11.3 Å². The largest absolute Gasteiger partial charge is 0.391 e. The van der Waals surface area contributed by atoms with Crippen LogP contribution in [0, 0.1) is 0 Å². The van der Waals surface area contributed by atoms with Crippen LogP contribution in [-0.2, 0) is 11.3 Å². The number of nitrogens with zero attached hydrogens (tertiary/aromatic N) is 3. The predicted molar refractivity (Wildman–Crippen MR) is 83.9 cm³/mol. The molecule has 1 N–H and O–H groups in total. The van der Waals surface area contributed by atoms with E-state index in [1.165, 1.54) is 11.3 Å². The second-order valence-electron chi connectivity index (χ2n) is 5.95. The first-order valence-corrected chi connectivity index (χ1v) is 8.71. The van der Waals surface area contributed by atoms with Gasteiger partial charge in [-0.2, -0.15) is 0 Å². The minimum Gasteiger partial charge on any atom is -0.391 e. The Morgan fingerprint density at radius 3 is 2.82 bits per heavy atom. The highest BCUT2D eigenvalue weighted by molar-refractivity contribution is 7.09. The van der Waals surface area contributed by atoms with Crippen LogP contribution in [0.5, 0.6) is 0 Å². The molecule has 6 nitrogen and oxygen atoms in total. The molecule has 1 aromatic heterocycles. The fraction of sp³-hybridized carbons (Fsp3) is 0.733. The maximum Gasteiger partial charge on any atom is 0.273 e. The quantitative estimate of drug-likeness (QED) is 0.893. The third-order valence-electron chi connectivity index (χ3n) is 4.55. The monoisotopic (exact) mass is 325 g/mol. The molecular formula is C15H23N3O3S. The van der Waals surface area contributed by atoms with E-state index in [-0.39, 0.29) is 18.1 Å². The smallest absolute Gasteiger partial charge is 0.273 e. The van der Waals surface area contributed by atoms with Crippen LogP contribution in [0.3, 0.4) is 0 Å². The predicted octanol–water partition coefficient (Wildman–Crippen LogP) is 0.961. The highest BCUT2D eigenvalue weighted by atomic mass is 32.1. The molecule has 1 amide bonds. The molecule has 3 rings (SSSR count). The molecule has 0 spiro atoms. The third kappa shape index (κ3) is 3.32. The van der Waals surface area contributed by atoms with Gasteiger partial charge in [-0.1, -0.05) is 0 Å². The number of carbonyl (C=O) groups excluding carboxylic acids is 1. The fourth-order valence-electron chi connectivity index (χ4n) is 3.36. The lowest BCUT2D eigenvalue weighted by atomic mass is 10.1. The Morgan fingerprint density at radius 2 is 2.18 bits per heavy atom. The highest BCUT2D eigenvalue weighted by Crippen LogP contribution is 2.25. The van der Waals surface area contributed by atoms with Crippen molar-refractivity contribution >= 4 is 17.2 Å². The van der Waals surface area contributed by atoms with Gasteiger partial charge in [-0.05, 0) is 19.3 Å². The number of hydrogen-bond acceptors (Lipinski definition) is 6. The third-order valence-corrected chi connectivity index (χ3v) is 5.38. The minimum absolute atomic E-state index is 0.00484. The van der Waals surface area contributed by atoms with Gasteiger partial charge in [0, 0.05) is 44.7 Å². The number of ether oxygens (including phenoxy) is 1. The van der Waals surface area contributed by atoms with Crippen molar-refractivity contribution in [3.05, 3.63) is 16.1 Å². The summed E-state index contributed by atoms with van der Waals surface area (Å²) in [5, 5.41) is 12.6. The Hall–Kier alpha value is -1.02. The van der Waals surface area contributed by atoms with E-state index in [0.29, 0.717) is 25.4 Å². The van der Waals surface area contributed by atoms with E-state index in [4.69, 9.17) is 4.74 Å². The lowest BCUT2D eigenvalue weighted by Gasteiger charge is -2.38. The van der Waals surface area contributed by atoms with Crippen LogP contribution < -0.4 is 0 Å². The summed E-state index contributed by atoms with van der Waals surface area (Å²) in [6, 6.07) is 0.282. The van der Waals surface area contributed by atoms with Gasteiger partial charge in [0.2, 0.25) is 0 Å². The maximum absolute atomic E-state index is 12.5. The van der Waals surface area contributed by atoms with E-state index in [2.05, 4.69) is 9.88 Å². The van der Waals surface area contributed by atoms with Crippen molar-refractivity contribution in [1.29, 1.82) is 0 Å². The molecule has 1 aromatic rings. The Labute approximate surface area is 134 Å². The molecule has 1 aliphatic heterocycles. The summed E-state index contributed by atoms with van der Waals surface area (Å²) < 4.78 is 5.04. The number of aliphatic hydroxyl groups excluding tert-OH is 1. The number of thiazole rings is 1. The number of aromatic nitrogens is 1. The molecule has 2 heterocycles. The zero-order valence-corrected chi connectivity index (χ0v) is 13.7. The fourth-order valence-corrected chi connectivity index (χ4v) is 4.10. The first-order valence-electron chi connectivity index (χ1n) is 7.84. The number of methoxy groups -OCH3 is 1. The van der Waals surface area contributed by atoms with Gasteiger partial charge >= 0.3 is 0 Å². The number of aliphatic hydroxyl groups is 1. The van der Waals surface area contributed by atoms with E-state index in [0.717, 1.165) is 37.4 Å². The molecule has 22 heavy (non-hydrogen) atoms. The summed E-state index contributed by atoms with van der Waals surface area (Å²) in [7, 11) is 1.62. The number of piperazine rings is 1. The first kappa shape index (κ1) is 15.9. The van der Waals surface area contributed by atoms with Crippen molar-refractivity contribution in [3.8, 4) is 0 Å². The van der Waals surface area contributed by atoms with Crippen LogP contribution in [0.4, 0.5) is 0 Å². The van der Waals surface area contributed by atoms with E-state index in [1.807, 2.05) is 10.3 Å². The molecule has 2 atom stereocenters.